The maximum absolute atomic E-state index is 11.2. The lowest BCUT2D eigenvalue weighted by Gasteiger charge is -2.24. The molecule has 0 spiro atoms. The molecule has 0 saturated carbocycles. The lowest BCUT2D eigenvalue weighted by molar-refractivity contribution is 0.112. The predicted octanol–water partition coefficient (Wildman–Crippen LogP) is 4.54. The standard InChI is InChI=1S/C16H16ClNO/c1-11-7-8-15(12(2)9-11)18(3)16-13(10-19)5-4-6-14(16)17/h4-10H,1-3H3. The number of rotatable bonds is 3. The summed E-state index contributed by atoms with van der Waals surface area (Å²) in [4.78, 5) is 13.1. The quantitative estimate of drug-likeness (QED) is 0.766. The number of hydrogen-bond acceptors (Lipinski definition) is 2. The lowest BCUT2D eigenvalue weighted by Crippen LogP contribution is -2.13. The van der Waals surface area contributed by atoms with Gasteiger partial charge < -0.3 is 4.90 Å². The van der Waals surface area contributed by atoms with Crippen LogP contribution in [0.2, 0.25) is 5.02 Å². The minimum Gasteiger partial charge on any atom is -0.343 e. The van der Waals surface area contributed by atoms with Crippen molar-refractivity contribution >= 4 is 29.3 Å². The summed E-state index contributed by atoms with van der Waals surface area (Å²) >= 11 is 6.24. The molecule has 0 aliphatic carbocycles. The molecule has 0 atom stereocenters. The van der Waals surface area contributed by atoms with Gasteiger partial charge in [0.15, 0.2) is 6.29 Å². The second-order valence-electron chi connectivity index (χ2n) is 4.64. The smallest absolute Gasteiger partial charge is 0.152 e. The van der Waals surface area contributed by atoms with E-state index in [9.17, 15) is 4.79 Å². The Kier molecular flexibility index (Phi) is 3.91. The Hall–Kier alpha value is -1.80. The number of benzene rings is 2. The number of para-hydroxylation sites is 1. The molecule has 0 bridgehead atoms. The van der Waals surface area contributed by atoms with Crippen molar-refractivity contribution in [2.24, 2.45) is 0 Å². The van der Waals surface area contributed by atoms with Crippen LogP contribution in [0.15, 0.2) is 36.4 Å². The fourth-order valence-corrected chi connectivity index (χ4v) is 2.59. The van der Waals surface area contributed by atoms with Crippen LogP contribution in [0.5, 0.6) is 0 Å². The SMILES string of the molecule is Cc1ccc(N(C)c2c(Cl)cccc2C=O)c(C)c1. The highest BCUT2D eigenvalue weighted by atomic mass is 35.5. The molecule has 0 heterocycles. The van der Waals surface area contributed by atoms with Gasteiger partial charge in [0, 0.05) is 18.3 Å². The summed E-state index contributed by atoms with van der Waals surface area (Å²) < 4.78 is 0. The van der Waals surface area contributed by atoms with Crippen LogP contribution in [0.25, 0.3) is 0 Å². The van der Waals surface area contributed by atoms with Crippen molar-refractivity contribution in [1.29, 1.82) is 0 Å². The molecule has 0 unspecified atom stereocenters. The molecule has 2 rings (SSSR count). The Morgan fingerprint density at radius 2 is 1.89 bits per heavy atom. The van der Waals surface area contributed by atoms with Crippen molar-refractivity contribution in [3.05, 3.63) is 58.1 Å². The average molecular weight is 274 g/mol. The van der Waals surface area contributed by atoms with Gasteiger partial charge in [-0.3, -0.25) is 4.79 Å². The molecule has 0 fully saturated rings. The van der Waals surface area contributed by atoms with Gasteiger partial charge in [-0.2, -0.15) is 0 Å². The molecule has 2 aromatic rings. The van der Waals surface area contributed by atoms with Gasteiger partial charge >= 0.3 is 0 Å². The number of aldehydes is 1. The molecule has 0 radical (unpaired) electrons. The molecule has 0 aliphatic heterocycles. The molecule has 2 aromatic carbocycles. The topological polar surface area (TPSA) is 20.3 Å². The molecule has 3 heteroatoms. The van der Waals surface area contributed by atoms with E-state index in [-0.39, 0.29) is 0 Å². The van der Waals surface area contributed by atoms with Crippen LogP contribution in [0.1, 0.15) is 21.5 Å². The van der Waals surface area contributed by atoms with E-state index in [1.807, 2.05) is 18.0 Å². The summed E-state index contributed by atoms with van der Waals surface area (Å²) in [6, 6.07) is 11.6. The maximum atomic E-state index is 11.2. The Balaban J connectivity index is 2.55. The minimum absolute atomic E-state index is 0.576. The molecule has 0 aromatic heterocycles. The van der Waals surface area contributed by atoms with Gasteiger partial charge in [0.25, 0.3) is 0 Å². The third kappa shape index (κ3) is 2.64. The number of carbonyl (C=O) groups is 1. The van der Waals surface area contributed by atoms with Gasteiger partial charge in [0.1, 0.15) is 0 Å². The predicted molar refractivity (Wildman–Crippen MR) is 80.8 cm³/mol. The number of hydrogen-bond donors (Lipinski definition) is 0. The van der Waals surface area contributed by atoms with Crippen LogP contribution < -0.4 is 4.90 Å². The average Bonchev–Trinajstić information content (AvgIpc) is 2.37. The third-order valence-corrected chi connectivity index (χ3v) is 3.50. The summed E-state index contributed by atoms with van der Waals surface area (Å²) in [5.74, 6) is 0. The van der Waals surface area contributed by atoms with Crippen molar-refractivity contribution in [3.63, 3.8) is 0 Å². The molecule has 0 amide bonds. The first-order valence-corrected chi connectivity index (χ1v) is 6.47. The van der Waals surface area contributed by atoms with Crippen LogP contribution in [-0.2, 0) is 0 Å². The molecule has 0 N–H and O–H groups in total. The van der Waals surface area contributed by atoms with Gasteiger partial charge in [-0.15, -0.1) is 0 Å². The Morgan fingerprint density at radius 3 is 2.53 bits per heavy atom. The van der Waals surface area contributed by atoms with Crippen LogP contribution >= 0.6 is 11.6 Å². The van der Waals surface area contributed by atoms with E-state index in [2.05, 4.69) is 26.0 Å². The third-order valence-electron chi connectivity index (χ3n) is 3.19. The highest BCUT2D eigenvalue weighted by Gasteiger charge is 2.14. The van der Waals surface area contributed by atoms with E-state index in [0.29, 0.717) is 10.6 Å². The molecule has 0 saturated heterocycles. The Labute approximate surface area is 118 Å². The van der Waals surface area contributed by atoms with Gasteiger partial charge in [0.05, 0.1) is 10.7 Å². The fraction of sp³-hybridized carbons (Fsp3) is 0.188. The minimum atomic E-state index is 0.576. The molecular formula is C16H16ClNO. The summed E-state index contributed by atoms with van der Waals surface area (Å²) in [5.41, 5.74) is 4.74. The van der Waals surface area contributed by atoms with Crippen LogP contribution in [0.3, 0.4) is 0 Å². The number of anilines is 2. The van der Waals surface area contributed by atoms with Crippen LogP contribution in [0.4, 0.5) is 11.4 Å². The number of aryl methyl sites for hydroxylation is 2. The largest absolute Gasteiger partial charge is 0.343 e. The van der Waals surface area contributed by atoms with E-state index < -0.39 is 0 Å². The lowest BCUT2D eigenvalue weighted by atomic mass is 10.1. The molecule has 19 heavy (non-hydrogen) atoms. The van der Waals surface area contributed by atoms with Crippen molar-refractivity contribution in [1.82, 2.24) is 0 Å². The summed E-state index contributed by atoms with van der Waals surface area (Å²) in [6.07, 6.45) is 0.835. The van der Waals surface area contributed by atoms with E-state index in [1.165, 1.54) is 5.56 Å². The molecule has 0 aliphatic rings. The first kappa shape index (κ1) is 13.6. The van der Waals surface area contributed by atoms with Crippen LogP contribution in [0, 0.1) is 13.8 Å². The summed E-state index contributed by atoms with van der Waals surface area (Å²) in [6.45, 7) is 4.11. The number of carbonyl (C=O) groups excluding carboxylic acids is 1. The Bertz CT molecular complexity index is 622. The van der Waals surface area contributed by atoms with Crippen molar-refractivity contribution in [2.45, 2.75) is 13.8 Å². The fourth-order valence-electron chi connectivity index (χ4n) is 2.28. The van der Waals surface area contributed by atoms with Gasteiger partial charge in [-0.1, -0.05) is 35.4 Å². The van der Waals surface area contributed by atoms with Crippen molar-refractivity contribution in [2.75, 3.05) is 11.9 Å². The second-order valence-corrected chi connectivity index (χ2v) is 5.05. The zero-order chi connectivity index (χ0) is 14.0. The van der Waals surface area contributed by atoms with Gasteiger partial charge in [-0.05, 0) is 37.6 Å². The summed E-state index contributed by atoms with van der Waals surface area (Å²) in [5, 5.41) is 0.576. The zero-order valence-electron chi connectivity index (χ0n) is 11.3. The first-order chi connectivity index (χ1) is 9.04. The van der Waals surface area contributed by atoms with Crippen molar-refractivity contribution in [3.8, 4) is 0 Å². The second kappa shape index (κ2) is 5.45. The molecule has 2 nitrogen and oxygen atoms in total. The van der Waals surface area contributed by atoms with E-state index in [0.717, 1.165) is 23.2 Å². The molecule has 98 valence electrons. The normalized spacial score (nSPS) is 10.3. The maximum Gasteiger partial charge on any atom is 0.152 e. The van der Waals surface area contributed by atoms with Gasteiger partial charge in [-0.25, -0.2) is 0 Å². The van der Waals surface area contributed by atoms with E-state index >= 15 is 0 Å². The number of nitrogens with zero attached hydrogens (tertiary/aromatic N) is 1. The number of halogens is 1. The molecular weight excluding hydrogens is 258 g/mol. The monoisotopic (exact) mass is 273 g/mol. The van der Waals surface area contributed by atoms with Gasteiger partial charge in [0.2, 0.25) is 0 Å². The highest BCUT2D eigenvalue weighted by Crippen LogP contribution is 2.34. The van der Waals surface area contributed by atoms with Crippen molar-refractivity contribution < 1.29 is 4.79 Å². The first-order valence-electron chi connectivity index (χ1n) is 6.09. The Morgan fingerprint density at radius 1 is 1.16 bits per heavy atom. The zero-order valence-corrected chi connectivity index (χ0v) is 12.0. The van der Waals surface area contributed by atoms with Crippen LogP contribution in [-0.4, -0.2) is 13.3 Å². The van der Waals surface area contributed by atoms with E-state index in [1.54, 1.807) is 18.2 Å². The summed E-state index contributed by atoms with van der Waals surface area (Å²) in [7, 11) is 1.92. The highest BCUT2D eigenvalue weighted by molar-refractivity contribution is 6.34. The van der Waals surface area contributed by atoms with E-state index in [4.69, 9.17) is 11.6 Å².